The van der Waals surface area contributed by atoms with Gasteiger partial charge in [0.15, 0.2) is 0 Å². The molecule has 244 valence electrons. The van der Waals surface area contributed by atoms with E-state index < -0.39 is 47.9 Å². The average Bonchev–Trinajstić information content (AvgIpc) is 3.47. The number of aliphatic carboxylic acids is 1. The minimum Gasteiger partial charge on any atom is -0.481 e. The van der Waals surface area contributed by atoms with Crippen molar-refractivity contribution in [3.63, 3.8) is 0 Å². The van der Waals surface area contributed by atoms with E-state index in [9.17, 15) is 29.1 Å². The third-order valence-corrected chi connectivity index (χ3v) is 8.14. The highest BCUT2D eigenvalue weighted by molar-refractivity contribution is 7.80. The molecule has 0 aliphatic carbocycles. The Morgan fingerprint density at radius 1 is 1.02 bits per heavy atom. The number of nitrogens with one attached hydrogen (secondary N) is 3. The van der Waals surface area contributed by atoms with Gasteiger partial charge in [0.2, 0.25) is 17.7 Å². The van der Waals surface area contributed by atoms with Crippen molar-refractivity contribution in [1.82, 2.24) is 20.9 Å². The number of hydrogen-bond donors (Lipinski definition) is 5. The SMILES string of the molecule is CC(C)COC(=O)N[C@@H](CCC(=O)O)C(=O)N1C[C@H](c2ccccc2)C[C@H]1C(=O)N[C@@H](CS)C(=O)NCCc1ccccc1Cl. The second kappa shape index (κ2) is 17.6. The third-order valence-electron chi connectivity index (χ3n) is 7.41. The summed E-state index contributed by atoms with van der Waals surface area (Å²) in [6.45, 7) is 4.27. The van der Waals surface area contributed by atoms with Gasteiger partial charge in [-0.05, 0) is 42.4 Å². The van der Waals surface area contributed by atoms with Crippen molar-refractivity contribution >= 4 is 54.0 Å². The van der Waals surface area contributed by atoms with Gasteiger partial charge in [-0.3, -0.25) is 19.2 Å². The Labute approximate surface area is 273 Å². The van der Waals surface area contributed by atoms with Gasteiger partial charge in [0.05, 0.1) is 6.61 Å². The topological polar surface area (TPSA) is 154 Å². The van der Waals surface area contributed by atoms with Gasteiger partial charge in [-0.25, -0.2) is 4.79 Å². The Kier molecular flexibility index (Phi) is 14.0. The number of carboxylic acid groups (broad SMARTS) is 1. The lowest BCUT2D eigenvalue weighted by molar-refractivity contribution is -0.141. The summed E-state index contributed by atoms with van der Waals surface area (Å²) in [6, 6.07) is 13.5. The summed E-state index contributed by atoms with van der Waals surface area (Å²) in [5.74, 6) is -2.88. The van der Waals surface area contributed by atoms with E-state index >= 15 is 0 Å². The normalized spacial score (nSPS) is 17.3. The lowest BCUT2D eigenvalue weighted by atomic mass is 9.96. The number of rotatable bonds is 15. The minimum atomic E-state index is -1.24. The number of thiol groups is 1. The van der Waals surface area contributed by atoms with Gasteiger partial charge in [0.25, 0.3) is 0 Å². The number of hydrogen-bond acceptors (Lipinski definition) is 7. The first kappa shape index (κ1) is 35.7. The number of alkyl carbamates (subject to hydrolysis) is 1. The summed E-state index contributed by atoms with van der Waals surface area (Å²) in [7, 11) is 0. The molecule has 13 heteroatoms. The largest absolute Gasteiger partial charge is 0.481 e. The van der Waals surface area contributed by atoms with E-state index in [0.29, 0.717) is 11.4 Å². The van der Waals surface area contributed by atoms with Crippen LogP contribution in [0.5, 0.6) is 0 Å². The van der Waals surface area contributed by atoms with E-state index in [1.54, 1.807) is 6.07 Å². The molecule has 1 heterocycles. The molecule has 4 amide bonds. The Balaban J connectivity index is 1.76. The van der Waals surface area contributed by atoms with Gasteiger partial charge in [0.1, 0.15) is 18.1 Å². The van der Waals surface area contributed by atoms with Crippen LogP contribution >= 0.6 is 24.2 Å². The monoisotopic (exact) mass is 660 g/mol. The summed E-state index contributed by atoms with van der Waals surface area (Å²) in [5.41, 5.74) is 1.79. The number of benzene rings is 2. The summed E-state index contributed by atoms with van der Waals surface area (Å²) in [6.07, 6.45) is -0.677. The quantitative estimate of drug-likeness (QED) is 0.184. The van der Waals surface area contributed by atoms with Crippen molar-refractivity contribution in [1.29, 1.82) is 0 Å². The van der Waals surface area contributed by atoms with Crippen LogP contribution in [0.3, 0.4) is 0 Å². The first-order chi connectivity index (χ1) is 21.5. The number of amides is 4. The van der Waals surface area contributed by atoms with Gasteiger partial charge < -0.3 is 30.7 Å². The third kappa shape index (κ3) is 11.0. The summed E-state index contributed by atoms with van der Waals surface area (Å²) < 4.78 is 5.17. The van der Waals surface area contributed by atoms with Crippen LogP contribution in [0, 0.1) is 5.92 Å². The molecule has 2 aromatic rings. The van der Waals surface area contributed by atoms with Gasteiger partial charge >= 0.3 is 12.1 Å². The van der Waals surface area contributed by atoms with Crippen molar-refractivity contribution in [3.05, 3.63) is 70.7 Å². The number of ether oxygens (including phenoxy) is 1. The van der Waals surface area contributed by atoms with Crippen LogP contribution < -0.4 is 16.0 Å². The number of carbonyl (C=O) groups is 5. The smallest absolute Gasteiger partial charge is 0.407 e. The van der Waals surface area contributed by atoms with Crippen molar-refractivity contribution < 1.29 is 33.8 Å². The highest BCUT2D eigenvalue weighted by Crippen LogP contribution is 2.33. The van der Waals surface area contributed by atoms with Gasteiger partial charge in [-0.15, -0.1) is 0 Å². The molecular weight excluding hydrogens is 620 g/mol. The fourth-order valence-corrected chi connectivity index (χ4v) is 5.54. The van der Waals surface area contributed by atoms with E-state index in [0.717, 1.165) is 11.1 Å². The summed E-state index contributed by atoms with van der Waals surface area (Å²) in [5, 5.41) is 17.9. The maximum Gasteiger partial charge on any atom is 0.407 e. The number of carboxylic acids is 1. The lowest BCUT2D eigenvalue weighted by Crippen LogP contribution is -2.56. The molecule has 3 rings (SSSR count). The molecule has 1 fully saturated rings. The predicted octanol–water partition coefficient (Wildman–Crippen LogP) is 3.41. The number of likely N-dealkylation sites (tertiary alicyclic amines) is 1. The molecule has 1 aliphatic rings. The Morgan fingerprint density at radius 2 is 1.71 bits per heavy atom. The molecule has 1 aliphatic heterocycles. The van der Waals surface area contributed by atoms with Crippen LogP contribution in [0.2, 0.25) is 5.02 Å². The second-order valence-electron chi connectivity index (χ2n) is 11.3. The zero-order valence-electron chi connectivity index (χ0n) is 25.4. The maximum atomic E-state index is 13.9. The highest BCUT2D eigenvalue weighted by Gasteiger charge is 2.43. The first-order valence-corrected chi connectivity index (χ1v) is 15.9. The molecule has 0 saturated carbocycles. The number of carbonyl (C=O) groups excluding carboxylic acids is 4. The summed E-state index contributed by atoms with van der Waals surface area (Å²) >= 11 is 10.5. The summed E-state index contributed by atoms with van der Waals surface area (Å²) in [4.78, 5) is 65.8. The molecule has 0 radical (unpaired) electrons. The average molecular weight is 661 g/mol. The van der Waals surface area contributed by atoms with Crippen molar-refractivity contribution in [3.8, 4) is 0 Å². The van der Waals surface area contributed by atoms with Crippen molar-refractivity contribution in [2.75, 3.05) is 25.4 Å². The van der Waals surface area contributed by atoms with Crippen LogP contribution in [0.25, 0.3) is 0 Å². The Hall–Kier alpha value is -3.77. The maximum absolute atomic E-state index is 13.9. The minimum absolute atomic E-state index is 0.0108. The van der Waals surface area contributed by atoms with Gasteiger partial charge in [-0.2, -0.15) is 12.6 Å². The number of halogens is 1. The van der Waals surface area contributed by atoms with Crippen molar-refractivity contribution in [2.45, 2.75) is 63.6 Å². The van der Waals surface area contributed by atoms with Crippen LogP contribution in [-0.4, -0.2) is 83.4 Å². The molecule has 0 aromatic heterocycles. The second-order valence-corrected chi connectivity index (χ2v) is 12.1. The van der Waals surface area contributed by atoms with E-state index in [4.69, 9.17) is 16.3 Å². The Morgan fingerprint density at radius 3 is 2.36 bits per heavy atom. The molecular formula is C32H41ClN4O7S. The fourth-order valence-electron chi connectivity index (χ4n) is 5.05. The van der Waals surface area contributed by atoms with Crippen LogP contribution in [0.15, 0.2) is 54.6 Å². The molecule has 4 atom stereocenters. The molecule has 2 aromatic carbocycles. The zero-order valence-corrected chi connectivity index (χ0v) is 27.1. The number of nitrogens with zero attached hydrogens (tertiary/aromatic N) is 1. The highest BCUT2D eigenvalue weighted by atomic mass is 35.5. The molecule has 0 spiro atoms. The molecule has 0 bridgehead atoms. The molecule has 11 nitrogen and oxygen atoms in total. The zero-order chi connectivity index (χ0) is 32.9. The van der Waals surface area contributed by atoms with Gasteiger partial charge in [-0.1, -0.05) is 74.0 Å². The van der Waals surface area contributed by atoms with Crippen molar-refractivity contribution in [2.24, 2.45) is 5.92 Å². The predicted molar refractivity (Wildman–Crippen MR) is 173 cm³/mol. The Bertz CT molecular complexity index is 1330. The van der Waals surface area contributed by atoms with E-state index in [1.165, 1.54) is 4.90 Å². The van der Waals surface area contributed by atoms with Crippen LogP contribution in [0.4, 0.5) is 4.79 Å². The van der Waals surface area contributed by atoms with E-state index in [-0.39, 0.29) is 56.5 Å². The molecule has 0 unspecified atom stereocenters. The van der Waals surface area contributed by atoms with Crippen LogP contribution in [-0.2, 0) is 30.3 Å². The fraction of sp³-hybridized carbons (Fsp3) is 0.469. The molecule has 4 N–H and O–H groups in total. The molecule has 45 heavy (non-hydrogen) atoms. The molecule has 1 saturated heterocycles. The standard InChI is InChI=1S/C32H41ClN4O7S/c1-20(2)18-44-32(43)36-25(12-13-28(38)39)31(42)37-17-23(21-8-4-3-5-9-21)16-27(37)30(41)35-26(19-45)29(40)34-15-14-22-10-6-7-11-24(22)33/h3-11,20,23,25-27,45H,12-19H2,1-2H3,(H,34,40)(H,35,41)(H,36,43)(H,38,39)/t23-,25+,26+,27+/m1/s1. The van der Waals surface area contributed by atoms with Gasteiger partial charge in [0, 0.05) is 36.2 Å². The lowest BCUT2D eigenvalue weighted by Gasteiger charge is -2.29. The first-order valence-electron chi connectivity index (χ1n) is 14.9. The van der Waals surface area contributed by atoms with E-state index in [1.807, 2.05) is 62.4 Å². The van der Waals surface area contributed by atoms with Crippen LogP contribution in [0.1, 0.15) is 50.2 Å². The van der Waals surface area contributed by atoms with E-state index in [2.05, 4.69) is 28.6 Å².